The topological polar surface area (TPSA) is 83.0 Å². The largest absolute Gasteiger partial charge is 0.492 e. The maximum atomic E-state index is 13.3. The minimum absolute atomic E-state index is 0.0989. The van der Waals surface area contributed by atoms with Crippen molar-refractivity contribution in [1.82, 2.24) is 14.2 Å². The summed E-state index contributed by atoms with van der Waals surface area (Å²) in [6.45, 7) is 7.49. The van der Waals surface area contributed by atoms with Gasteiger partial charge in [0.15, 0.2) is 5.13 Å². The molecule has 204 valence electrons. The molecule has 1 fully saturated rings. The zero-order valence-corrected chi connectivity index (χ0v) is 23.7. The third-order valence-corrected chi connectivity index (χ3v) is 9.82. The van der Waals surface area contributed by atoms with Crippen LogP contribution in [0.2, 0.25) is 0 Å². The SMILES string of the molecule is CCOc1cccc2sc(N3CCN(C(=O)c4ccc(S(=O)(=O)N(CC)Cc5ccccc5)cc4)CC3)nc12. The van der Waals surface area contributed by atoms with Gasteiger partial charge in [-0.15, -0.1) is 0 Å². The van der Waals surface area contributed by atoms with Crippen molar-refractivity contribution in [2.75, 3.05) is 44.2 Å². The maximum Gasteiger partial charge on any atom is 0.253 e. The van der Waals surface area contributed by atoms with Crippen molar-refractivity contribution < 1.29 is 17.9 Å². The van der Waals surface area contributed by atoms with E-state index in [0.717, 1.165) is 26.7 Å². The van der Waals surface area contributed by atoms with Crippen molar-refractivity contribution in [1.29, 1.82) is 0 Å². The molecule has 0 N–H and O–H groups in total. The average molecular weight is 565 g/mol. The van der Waals surface area contributed by atoms with E-state index in [1.54, 1.807) is 23.5 Å². The van der Waals surface area contributed by atoms with E-state index < -0.39 is 10.0 Å². The van der Waals surface area contributed by atoms with Crippen LogP contribution in [0.5, 0.6) is 5.75 Å². The van der Waals surface area contributed by atoms with Crippen LogP contribution in [0.25, 0.3) is 10.2 Å². The second-order valence-electron chi connectivity index (χ2n) is 9.25. The van der Waals surface area contributed by atoms with Crippen molar-refractivity contribution in [3.63, 3.8) is 0 Å². The molecular formula is C29H32N4O4S2. The van der Waals surface area contributed by atoms with Gasteiger partial charge in [-0.2, -0.15) is 4.31 Å². The van der Waals surface area contributed by atoms with E-state index in [9.17, 15) is 13.2 Å². The van der Waals surface area contributed by atoms with Crippen LogP contribution in [0.1, 0.15) is 29.8 Å². The van der Waals surface area contributed by atoms with Crippen LogP contribution >= 0.6 is 11.3 Å². The highest BCUT2D eigenvalue weighted by Crippen LogP contribution is 2.34. The summed E-state index contributed by atoms with van der Waals surface area (Å²) in [5, 5.41) is 0.926. The van der Waals surface area contributed by atoms with E-state index in [1.807, 2.05) is 67.3 Å². The van der Waals surface area contributed by atoms with E-state index in [4.69, 9.17) is 9.72 Å². The van der Waals surface area contributed by atoms with Gasteiger partial charge in [0.05, 0.1) is 16.2 Å². The summed E-state index contributed by atoms with van der Waals surface area (Å²) in [5.74, 6) is 0.692. The minimum atomic E-state index is -3.69. The van der Waals surface area contributed by atoms with Gasteiger partial charge in [-0.1, -0.05) is 54.7 Å². The first-order valence-electron chi connectivity index (χ1n) is 13.1. The van der Waals surface area contributed by atoms with Crippen molar-refractivity contribution in [2.24, 2.45) is 0 Å². The lowest BCUT2D eigenvalue weighted by Gasteiger charge is -2.34. The summed E-state index contributed by atoms with van der Waals surface area (Å²) in [4.78, 5) is 22.2. The van der Waals surface area contributed by atoms with E-state index in [0.29, 0.717) is 51.4 Å². The van der Waals surface area contributed by atoms with Gasteiger partial charge in [-0.05, 0) is 48.9 Å². The fourth-order valence-electron chi connectivity index (χ4n) is 4.67. The molecule has 1 aliphatic rings. The summed E-state index contributed by atoms with van der Waals surface area (Å²) in [5.41, 5.74) is 2.28. The molecule has 2 heterocycles. The highest BCUT2D eigenvalue weighted by molar-refractivity contribution is 7.89. The zero-order valence-electron chi connectivity index (χ0n) is 22.1. The molecule has 0 spiro atoms. The number of piperazine rings is 1. The quantitative estimate of drug-likeness (QED) is 0.289. The van der Waals surface area contributed by atoms with Gasteiger partial charge in [0, 0.05) is 44.8 Å². The summed E-state index contributed by atoms with van der Waals surface area (Å²) in [6.07, 6.45) is 0. The number of hydrogen-bond donors (Lipinski definition) is 0. The number of hydrogen-bond acceptors (Lipinski definition) is 7. The standard InChI is InChI=1S/C29H32N4O4S2/c1-3-33(21-22-9-6-5-7-10-22)39(35,36)24-15-13-23(14-16-24)28(34)31-17-19-32(20-18-31)29-30-27-25(37-4-2)11-8-12-26(27)38-29/h5-16H,3-4,17-21H2,1-2H3. The summed E-state index contributed by atoms with van der Waals surface area (Å²) < 4.78 is 34.8. The third kappa shape index (κ3) is 5.78. The van der Waals surface area contributed by atoms with E-state index in [-0.39, 0.29) is 10.8 Å². The number of ether oxygens (including phenoxy) is 1. The molecule has 1 amide bonds. The molecule has 0 bridgehead atoms. The highest BCUT2D eigenvalue weighted by Gasteiger charge is 2.26. The van der Waals surface area contributed by atoms with E-state index in [2.05, 4.69) is 4.90 Å². The average Bonchev–Trinajstić information content (AvgIpc) is 3.42. The number of rotatable bonds is 9. The molecule has 1 saturated heterocycles. The Hall–Kier alpha value is -3.47. The fourth-order valence-corrected chi connectivity index (χ4v) is 7.15. The molecule has 5 rings (SSSR count). The lowest BCUT2D eigenvalue weighted by Crippen LogP contribution is -2.48. The number of benzene rings is 3. The first-order chi connectivity index (χ1) is 18.9. The second kappa shape index (κ2) is 11.7. The lowest BCUT2D eigenvalue weighted by molar-refractivity contribution is 0.0746. The Kier molecular flexibility index (Phi) is 8.15. The third-order valence-electron chi connectivity index (χ3n) is 6.80. The Morgan fingerprint density at radius 1 is 0.949 bits per heavy atom. The van der Waals surface area contributed by atoms with Crippen molar-refractivity contribution in [3.05, 3.63) is 83.9 Å². The summed E-state index contributed by atoms with van der Waals surface area (Å²) in [6, 6.07) is 21.8. The predicted molar refractivity (Wildman–Crippen MR) is 155 cm³/mol. The van der Waals surface area contributed by atoms with Crippen molar-refractivity contribution in [3.8, 4) is 5.75 Å². The Balaban J connectivity index is 1.23. The van der Waals surface area contributed by atoms with Crippen molar-refractivity contribution >= 4 is 42.6 Å². The highest BCUT2D eigenvalue weighted by atomic mass is 32.2. The number of fused-ring (bicyclic) bond motifs is 1. The number of amides is 1. The Morgan fingerprint density at radius 2 is 1.67 bits per heavy atom. The van der Waals surface area contributed by atoms with Gasteiger partial charge >= 0.3 is 0 Å². The number of carbonyl (C=O) groups excluding carboxylic acids is 1. The molecule has 10 heteroatoms. The van der Waals surface area contributed by atoms with Crippen LogP contribution in [0, 0.1) is 0 Å². The zero-order chi connectivity index (χ0) is 27.4. The van der Waals surface area contributed by atoms with Crippen molar-refractivity contribution in [2.45, 2.75) is 25.3 Å². The first kappa shape index (κ1) is 27.1. The van der Waals surface area contributed by atoms with Crippen LogP contribution in [0.4, 0.5) is 5.13 Å². The lowest BCUT2D eigenvalue weighted by atomic mass is 10.2. The number of aromatic nitrogens is 1. The Labute approximate surface area is 233 Å². The van der Waals surface area contributed by atoms with Crippen LogP contribution in [0.3, 0.4) is 0 Å². The molecule has 39 heavy (non-hydrogen) atoms. The molecule has 0 aliphatic carbocycles. The molecule has 4 aromatic rings. The second-order valence-corrected chi connectivity index (χ2v) is 12.2. The number of carbonyl (C=O) groups is 1. The van der Waals surface area contributed by atoms with Gasteiger partial charge in [0.2, 0.25) is 10.0 Å². The summed E-state index contributed by atoms with van der Waals surface area (Å²) in [7, 11) is -3.69. The van der Waals surface area contributed by atoms with Gasteiger partial charge in [-0.25, -0.2) is 13.4 Å². The van der Waals surface area contributed by atoms with Crippen LogP contribution in [-0.2, 0) is 16.6 Å². The van der Waals surface area contributed by atoms with Crippen LogP contribution in [0.15, 0.2) is 77.7 Å². The molecule has 1 aliphatic heterocycles. The molecule has 1 aromatic heterocycles. The summed E-state index contributed by atoms with van der Waals surface area (Å²) >= 11 is 1.63. The fraction of sp³-hybridized carbons (Fsp3) is 0.310. The number of sulfonamides is 1. The maximum absolute atomic E-state index is 13.3. The molecule has 0 atom stereocenters. The van der Waals surface area contributed by atoms with Crippen LogP contribution < -0.4 is 9.64 Å². The first-order valence-corrected chi connectivity index (χ1v) is 15.4. The van der Waals surface area contributed by atoms with E-state index >= 15 is 0 Å². The molecule has 3 aromatic carbocycles. The van der Waals surface area contributed by atoms with Gasteiger partial charge in [0.1, 0.15) is 11.3 Å². The number of thiazole rings is 1. The molecular weight excluding hydrogens is 532 g/mol. The minimum Gasteiger partial charge on any atom is -0.492 e. The molecule has 0 saturated carbocycles. The molecule has 0 radical (unpaired) electrons. The van der Waals surface area contributed by atoms with Gasteiger partial charge in [0.25, 0.3) is 5.91 Å². The Bertz CT molecular complexity index is 1530. The Morgan fingerprint density at radius 3 is 2.33 bits per heavy atom. The molecule has 0 unspecified atom stereocenters. The van der Waals surface area contributed by atoms with E-state index in [1.165, 1.54) is 16.4 Å². The molecule has 8 nitrogen and oxygen atoms in total. The normalized spacial score (nSPS) is 14.2. The number of anilines is 1. The van der Waals surface area contributed by atoms with Crippen LogP contribution in [-0.4, -0.2) is 67.8 Å². The number of nitrogens with zero attached hydrogens (tertiary/aromatic N) is 4. The smallest absolute Gasteiger partial charge is 0.253 e. The predicted octanol–water partition coefficient (Wildman–Crippen LogP) is 4.87. The van der Waals surface area contributed by atoms with Gasteiger partial charge in [-0.3, -0.25) is 4.79 Å². The van der Waals surface area contributed by atoms with Gasteiger partial charge < -0.3 is 14.5 Å². The monoisotopic (exact) mass is 564 g/mol. The number of para-hydroxylation sites is 1.